The van der Waals surface area contributed by atoms with Gasteiger partial charge in [-0.25, -0.2) is 4.98 Å². The number of carbonyl (C=O) groups excluding carboxylic acids is 1. The number of hydrogen-bond acceptors (Lipinski definition) is 4. The molecule has 2 aromatic carbocycles. The fourth-order valence-corrected chi connectivity index (χ4v) is 3.03. The second-order valence-corrected chi connectivity index (χ2v) is 6.20. The molecule has 0 atom stereocenters. The van der Waals surface area contributed by atoms with Crippen LogP contribution in [0.1, 0.15) is 5.56 Å². The number of carbonyl (C=O) groups is 1. The Kier molecular flexibility index (Phi) is 4.99. The predicted octanol–water partition coefficient (Wildman–Crippen LogP) is 4.17. The second-order valence-electron chi connectivity index (χ2n) is 5.11. The number of hydrogen-bond donors (Lipinski definition) is 2. The van der Waals surface area contributed by atoms with Crippen LogP contribution < -0.4 is 10.5 Å². The fourth-order valence-electron chi connectivity index (χ4n) is 2.36. The van der Waals surface area contributed by atoms with Gasteiger partial charge in [-0.05, 0) is 47.8 Å². The van der Waals surface area contributed by atoms with Crippen molar-refractivity contribution < 1.29 is 9.18 Å². The van der Waals surface area contributed by atoms with E-state index in [2.05, 4.69) is 10.3 Å². The molecule has 0 aliphatic carbocycles. The average molecular weight is 362 g/mol. The molecule has 0 spiro atoms. The molecule has 7 heteroatoms. The number of benzene rings is 2. The van der Waals surface area contributed by atoms with Crippen LogP contribution in [0.15, 0.2) is 53.4 Å². The van der Waals surface area contributed by atoms with Crippen LogP contribution in [0.3, 0.4) is 0 Å². The average Bonchev–Trinajstić information content (AvgIpc) is 2.56. The summed E-state index contributed by atoms with van der Waals surface area (Å²) in [7, 11) is 0. The number of anilines is 1. The van der Waals surface area contributed by atoms with Crippen molar-refractivity contribution >= 4 is 46.0 Å². The Hall–Kier alpha value is -2.15. The molecule has 24 heavy (non-hydrogen) atoms. The van der Waals surface area contributed by atoms with E-state index in [4.69, 9.17) is 16.7 Å². The lowest BCUT2D eigenvalue weighted by atomic mass is 10.1. The third-order valence-electron chi connectivity index (χ3n) is 3.44. The molecular formula is C17H13ClFN3OS. The maximum Gasteiger partial charge on any atom is 0.228 e. The molecule has 0 saturated carbocycles. The molecule has 0 radical (unpaired) electrons. The summed E-state index contributed by atoms with van der Waals surface area (Å²) in [5, 5.41) is 9.68. The van der Waals surface area contributed by atoms with E-state index in [1.165, 1.54) is 6.07 Å². The van der Waals surface area contributed by atoms with Gasteiger partial charge in [0.15, 0.2) is 0 Å². The van der Waals surface area contributed by atoms with Crippen LogP contribution in [-0.4, -0.2) is 10.9 Å². The Labute approximate surface area is 147 Å². The van der Waals surface area contributed by atoms with Crippen molar-refractivity contribution in [3.05, 3.63) is 65.1 Å². The molecule has 0 aliphatic rings. The number of amides is 1. The van der Waals surface area contributed by atoms with Crippen LogP contribution in [0.25, 0.3) is 10.9 Å². The summed E-state index contributed by atoms with van der Waals surface area (Å²) in [6, 6.07) is 13.4. The summed E-state index contributed by atoms with van der Waals surface area (Å²) in [6.07, 6.45) is 0.157. The molecule has 0 saturated heterocycles. The Bertz CT molecular complexity index is 919. The van der Waals surface area contributed by atoms with Gasteiger partial charge < -0.3 is 5.32 Å². The van der Waals surface area contributed by atoms with Crippen LogP contribution in [0.5, 0.6) is 0 Å². The van der Waals surface area contributed by atoms with Crippen molar-refractivity contribution in [2.45, 2.75) is 11.3 Å². The number of nitrogens with zero attached hydrogens (tertiary/aromatic N) is 1. The van der Waals surface area contributed by atoms with E-state index < -0.39 is 5.95 Å². The zero-order valence-corrected chi connectivity index (χ0v) is 14.0. The van der Waals surface area contributed by atoms with E-state index in [0.29, 0.717) is 26.5 Å². The summed E-state index contributed by atoms with van der Waals surface area (Å²) >= 11 is 7.02. The van der Waals surface area contributed by atoms with Gasteiger partial charge in [0.25, 0.3) is 0 Å². The molecule has 1 heterocycles. The fraction of sp³-hybridized carbons (Fsp3) is 0.0588. The van der Waals surface area contributed by atoms with Gasteiger partial charge in [-0.15, -0.1) is 0 Å². The van der Waals surface area contributed by atoms with Crippen LogP contribution in [0, 0.1) is 5.95 Å². The first kappa shape index (κ1) is 16.7. The third kappa shape index (κ3) is 3.67. The lowest BCUT2D eigenvalue weighted by molar-refractivity contribution is -0.115. The first-order chi connectivity index (χ1) is 11.6. The monoisotopic (exact) mass is 361 g/mol. The standard InChI is InChI=1S/C17H13ClFN3OS/c18-13-4-2-1-3-10(13)8-16(23)21-12-7-11-5-6-15(19)22-17(11)14(9-12)24-20/h1-7,9H,8,20H2,(H,21,23). The van der Waals surface area contributed by atoms with E-state index in [0.717, 1.165) is 17.5 Å². The van der Waals surface area contributed by atoms with Gasteiger partial charge in [0.05, 0.1) is 16.8 Å². The largest absolute Gasteiger partial charge is 0.326 e. The molecule has 0 aliphatic heterocycles. The molecular weight excluding hydrogens is 349 g/mol. The minimum Gasteiger partial charge on any atom is -0.326 e. The van der Waals surface area contributed by atoms with Crippen molar-refractivity contribution in [3.8, 4) is 0 Å². The third-order valence-corrected chi connectivity index (χ3v) is 4.38. The van der Waals surface area contributed by atoms with E-state index in [-0.39, 0.29) is 12.3 Å². The minimum atomic E-state index is -0.576. The zero-order valence-electron chi connectivity index (χ0n) is 12.4. The van der Waals surface area contributed by atoms with Crippen LogP contribution in [0.2, 0.25) is 5.02 Å². The number of fused-ring (bicyclic) bond motifs is 1. The first-order valence-corrected chi connectivity index (χ1v) is 8.33. The van der Waals surface area contributed by atoms with Gasteiger partial charge in [0.2, 0.25) is 11.9 Å². The minimum absolute atomic E-state index is 0.157. The Balaban J connectivity index is 1.86. The Morgan fingerprint density at radius 3 is 2.79 bits per heavy atom. The number of halogens is 2. The van der Waals surface area contributed by atoms with Crippen LogP contribution in [-0.2, 0) is 11.2 Å². The van der Waals surface area contributed by atoms with Gasteiger partial charge in [-0.3, -0.25) is 9.93 Å². The molecule has 0 fully saturated rings. The van der Waals surface area contributed by atoms with E-state index >= 15 is 0 Å². The van der Waals surface area contributed by atoms with Gasteiger partial charge in [-0.1, -0.05) is 29.8 Å². The number of aromatic nitrogens is 1. The van der Waals surface area contributed by atoms with Gasteiger partial charge >= 0.3 is 0 Å². The predicted molar refractivity (Wildman–Crippen MR) is 95.5 cm³/mol. The highest BCUT2D eigenvalue weighted by atomic mass is 35.5. The zero-order chi connectivity index (χ0) is 17.1. The maximum absolute atomic E-state index is 13.3. The van der Waals surface area contributed by atoms with E-state index in [1.807, 2.05) is 12.1 Å². The normalized spacial score (nSPS) is 10.8. The summed E-state index contributed by atoms with van der Waals surface area (Å²) in [5.41, 5.74) is 1.78. The highest BCUT2D eigenvalue weighted by Gasteiger charge is 2.11. The summed E-state index contributed by atoms with van der Waals surface area (Å²) in [4.78, 5) is 16.7. The van der Waals surface area contributed by atoms with Crippen molar-refractivity contribution in [3.63, 3.8) is 0 Å². The van der Waals surface area contributed by atoms with E-state index in [1.54, 1.807) is 30.3 Å². The van der Waals surface area contributed by atoms with Crippen LogP contribution in [0.4, 0.5) is 10.1 Å². The highest BCUT2D eigenvalue weighted by Crippen LogP contribution is 2.28. The smallest absolute Gasteiger partial charge is 0.228 e. The van der Waals surface area contributed by atoms with Crippen LogP contribution >= 0.6 is 23.5 Å². The van der Waals surface area contributed by atoms with Crippen molar-refractivity contribution in [2.24, 2.45) is 5.14 Å². The molecule has 4 nitrogen and oxygen atoms in total. The molecule has 1 aromatic heterocycles. The molecule has 0 unspecified atom stereocenters. The molecule has 1 amide bonds. The molecule has 122 valence electrons. The molecule has 3 N–H and O–H groups in total. The Morgan fingerprint density at radius 2 is 2.04 bits per heavy atom. The van der Waals surface area contributed by atoms with Gasteiger partial charge in [-0.2, -0.15) is 4.39 Å². The second kappa shape index (κ2) is 7.17. The maximum atomic E-state index is 13.3. The molecule has 3 aromatic rings. The van der Waals surface area contributed by atoms with Gasteiger partial charge in [0, 0.05) is 16.1 Å². The Morgan fingerprint density at radius 1 is 1.25 bits per heavy atom. The summed E-state index contributed by atoms with van der Waals surface area (Å²) in [6.45, 7) is 0. The van der Waals surface area contributed by atoms with E-state index in [9.17, 15) is 9.18 Å². The molecule has 3 rings (SSSR count). The number of rotatable bonds is 4. The number of nitrogens with two attached hydrogens (primary N) is 1. The quantitative estimate of drug-likeness (QED) is 0.540. The van der Waals surface area contributed by atoms with Crippen molar-refractivity contribution in [2.75, 3.05) is 5.32 Å². The van der Waals surface area contributed by atoms with Crippen molar-refractivity contribution in [1.82, 2.24) is 4.98 Å². The first-order valence-electron chi connectivity index (χ1n) is 7.07. The van der Waals surface area contributed by atoms with Gasteiger partial charge in [0.1, 0.15) is 0 Å². The molecule has 0 bridgehead atoms. The highest BCUT2D eigenvalue weighted by molar-refractivity contribution is 7.97. The number of pyridine rings is 1. The topological polar surface area (TPSA) is 68.0 Å². The van der Waals surface area contributed by atoms with Crippen molar-refractivity contribution in [1.29, 1.82) is 0 Å². The summed E-state index contributed by atoms with van der Waals surface area (Å²) < 4.78 is 13.3. The SMILES string of the molecule is NSc1cc(NC(=O)Cc2ccccc2Cl)cc2ccc(F)nc12. The lowest BCUT2D eigenvalue weighted by Gasteiger charge is -2.10. The summed E-state index contributed by atoms with van der Waals surface area (Å²) in [5.74, 6) is -0.779. The lowest BCUT2D eigenvalue weighted by Crippen LogP contribution is -2.14. The number of nitrogens with one attached hydrogen (secondary N) is 1.